The molecule has 0 aromatic carbocycles. The Kier molecular flexibility index (Phi) is 8.05. The van der Waals surface area contributed by atoms with Crippen LogP contribution in [0.25, 0.3) is 0 Å². The van der Waals surface area contributed by atoms with E-state index in [1.54, 1.807) is 0 Å². The SMILES string of the molecule is C=CC(=O)[O-].C[N+](C)(C)CCCS(=O)(=O)O. The second kappa shape index (κ2) is 7.37. The van der Waals surface area contributed by atoms with Gasteiger partial charge in [-0.15, -0.1) is 0 Å². The Hall–Kier alpha value is -0.920. The van der Waals surface area contributed by atoms with E-state index in [0.29, 0.717) is 6.42 Å². The van der Waals surface area contributed by atoms with Gasteiger partial charge in [-0.2, -0.15) is 8.42 Å². The second-order valence-electron chi connectivity index (χ2n) is 4.18. The molecular weight excluding hydrogens is 234 g/mol. The number of carboxylic acid groups (broad SMARTS) is 1. The Morgan fingerprint density at radius 2 is 1.81 bits per heavy atom. The van der Waals surface area contributed by atoms with Crippen LogP contribution in [0.4, 0.5) is 0 Å². The van der Waals surface area contributed by atoms with E-state index in [1.165, 1.54) is 0 Å². The fourth-order valence-corrected chi connectivity index (χ4v) is 1.22. The fourth-order valence-electron chi connectivity index (χ4n) is 0.721. The van der Waals surface area contributed by atoms with Crippen molar-refractivity contribution >= 4 is 16.1 Å². The number of quaternary nitrogens is 1. The van der Waals surface area contributed by atoms with Crippen LogP contribution >= 0.6 is 0 Å². The van der Waals surface area contributed by atoms with E-state index in [9.17, 15) is 8.42 Å². The van der Waals surface area contributed by atoms with E-state index >= 15 is 0 Å². The van der Waals surface area contributed by atoms with Crippen molar-refractivity contribution < 1.29 is 27.4 Å². The van der Waals surface area contributed by atoms with E-state index in [4.69, 9.17) is 14.5 Å². The minimum absolute atomic E-state index is 0.136. The third-order valence-corrected chi connectivity index (χ3v) is 2.20. The predicted molar refractivity (Wildman–Crippen MR) is 59.1 cm³/mol. The lowest BCUT2D eigenvalue weighted by Crippen LogP contribution is -2.36. The molecule has 0 aliphatic rings. The molecule has 0 rings (SSSR count). The molecule has 0 saturated heterocycles. The number of hydrogen-bond donors (Lipinski definition) is 1. The molecule has 0 spiro atoms. The molecule has 0 fully saturated rings. The van der Waals surface area contributed by atoms with Crippen LogP contribution in [0.3, 0.4) is 0 Å². The molecule has 0 aliphatic carbocycles. The van der Waals surface area contributed by atoms with Crippen molar-refractivity contribution in [3.05, 3.63) is 12.7 Å². The monoisotopic (exact) mass is 253 g/mol. The van der Waals surface area contributed by atoms with Crippen LogP contribution in [0.5, 0.6) is 0 Å². The molecule has 7 heteroatoms. The molecule has 0 unspecified atom stereocenters. The Morgan fingerprint density at radius 3 is 2.00 bits per heavy atom. The quantitative estimate of drug-likeness (QED) is 0.381. The topological polar surface area (TPSA) is 94.5 Å². The van der Waals surface area contributed by atoms with Crippen LogP contribution in [0.2, 0.25) is 0 Å². The van der Waals surface area contributed by atoms with Crippen molar-refractivity contribution in [1.29, 1.82) is 0 Å². The van der Waals surface area contributed by atoms with Crippen LogP contribution < -0.4 is 5.11 Å². The summed E-state index contributed by atoms with van der Waals surface area (Å²) in [6.07, 6.45) is 1.22. The Bertz CT molecular complexity index is 315. The second-order valence-corrected chi connectivity index (χ2v) is 5.75. The zero-order valence-electron chi connectivity index (χ0n) is 9.84. The van der Waals surface area contributed by atoms with E-state index < -0.39 is 16.1 Å². The third kappa shape index (κ3) is 23.2. The molecule has 96 valence electrons. The van der Waals surface area contributed by atoms with Gasteiger partial charge in [0.2, 0.25) is 0 Å². The number of rotatable bonds is 5. The molecule has 0 atom stereocenters. The number of hydrogen-bond acceptors (Lipinski definition) is 4. The highest BCUT2D eigenvalue weighted by atomic mass is 32.2. The molecular formula is C9H19NO5S. The standard InChI is InChI=1S/C6H15NO3S.C3H4O2/c1-7(2,3)5-4-6-11(8,9)10;1-2-3(4)5/h4-6H2,1-3H3;2H,1H2,(H,4,5). The first-order valence-corrected chi connectivity index (χ1v) is 6.18. The Labute approximate surface area is 96.5 Å². The van der Waals surface area contributed by atoms with Gasteiger partial charge in [-0.05, 0) is 6.08 Å². The van der Waals surface area contributed by atoms with Crippen molar-refractivity contribution in [3.63, 3.8) is 0 Å². The maximum Gasteiger partial charge on any atom is 0.265 e. The number of carbonyl (C=O) groups is 1. The molecule has 6 nitrogen and oxygen atoms in total. The average Bonchev–Trinajstić information content (AvgIpc) is 2.00. The van der Waals surface area contributed by atoms with Gasteiger partial charge in [0.1, 0.15) is 0 Å². The zero-order valence-corrected chi connectivity index (χ0v) is 10.7. The molecule has 16 heavy (non-hydrogen) atoms. The van der Waals surface area contributed by atoms with Crippen LogP contribution in [0, 0.1) is 0 Å². The third-order valence-electron chi connectivity index (χ3n) is 1.40. The molecule has 0 radical (unpaired) electrons. The van der Waals surface area contributed by atoms with Gasteiger partial charge >= 0.3 is 0 Å². The van der Waals surface area contributed by atoms with E-state index in [0.717, 1.165) is 17.1 Å². The smallest absolute Gasteiger partial charge is 0.265 e. The van der Waals surface area contributed by atoms with Crippen molar-refractivity contribution in [3.8, 4) is 0 Å². The Balaban J connectivity index is 0. The largest absolute Gasteiger partial charge is 0.545 e. The van der Waals surface area contributed by atoms with Gasteiger partial charge < -0.3 is 14.4 Å². The highest BCUT2D eigenvalue weighted by Crippen LogP contribution is 1.95. The summed E-state index contributed by atoms with van der Waals surface area (Å²) in [4.78, 5) is 9.14. The predicted octanol–water partition coefficient (Wildman–Crippen LogP) is -1.11. The van der Waals surface area contributed by atoms with Crippen LogP contribution in [0.1, 0.15) is 6.42 Å². The van der Waals surface area contributed by atoms with E-state index in [2.05, 4.69) is 6.58 Å². The molecule has 0 bridgehead atoms. The molecule has 0 heterocycles. The summed E-state index contributed by atoms with van der Waals surface area (Å²) in [6, 6.07) is 0. The van der Waals surface area contributed by atoms with Crippen molar-refractivity contribution in [2.24, 2.45) is 0 Å². The molecule has 0 saturated carbocycles. The molecule has 0 aliphatic heterocycles. The summed E-state index contributed by atoms with van der Waals surface area (Å²) >= 11 is 0. The lowest BCUT2D eigenvalue weighted by atomic mass is 10.4. The maximum atomic E-state index is 10.3. The first-order chi connectivity index (χ1) is 6.98. The summed E-state index contributed by atoms with van der Waals surface area (Å²) < 4.78 is 29.6. The summed E-state index contributed by atoms with van der Waals surface area (Å²) in [6.45, 7) is 3.65. The average molecular weight is 253 g/mol. The summed E-state index contributed by atoms with van der Waals surface area (Å²) in [5, 5.41) is 9.14. The molecule has 0 aromatic heterocycles. The summed E-state index contributed by atoms with van der Waals surface area (Å²) in [5.41, 5.74) is 0. The van der Waals surface area contributed by atoms with Crippen LogP contribution in [-0.4, -0.2) is 56.9 Å². The van der Waals surface area contributed by atoms with Crippen molar-refractivity contribution in [2.45, 2.75) is 6.42 Å². The number of aliphatic carboxylic acids is 1. The maximum absolute atomic E-state index is 10.3. The van der Waals surface area contributed by atoms with Gasteiger partial charge in [-0.3, -0.25) is 4.55 Å². The van der Waals surface area contributed by atoms with Gasteiger partial charge in [0.25, 0.3) is 10.1 Å². The lowest BCUT2D eigenvalue weighted by Gasteiger charge is -2.23. The summed E-state index contributed by atoms with van der Waals surface area (Å²) in [5.74, 6) is -1.37. The Morgan fingerprint density at radius 1 is 1.44 bits per heavy atom. The molecule has 0 aromatic rings. The van der Waals surface area contributed by atoms with E-state index in [-0.39, 0.29) is 5.75 Å². The molecule has 0 amide bonds. The van der Waals surface area contributed by atoms with Crippen LogP contribution in [-0.2, 0) is 14.9 Å². The highest BCUT2D eigenvalue weighted by Gasteiger charge is 2.10. The zero-order chi connectivity index (χ0) is 13.4. The highest BCUT2D eigenvalue weighted by molar-refractivity contribution is 7.85. The van der Waals surface area contributed by atoms with Gasteiger partial charge in [-0.1, -0.05) is 6.58 Å². The number of nitrogens with zero attached hydrogens (tertiary/aromatic N) is 1. The van der Waals surface area contributed by atoms with Gasteiger partial charge in [0.15, 0.2) is 0 Å². The van der Waals surface area contributed by atoms with Gasteiger partial charge in [0.05, 0.1) is 39.4 Å². The van der Waals surface area contributed by atoms with Gasteiger partial charge in [0, 0.05) is 6.42 Å². The first-order valence-electron chi connectivity index (χ1n) is 4.57. The number of carboxylic acids is 1. The minimum atomic E-state index is -3.76. The fraction of sp³-hybridized carbons (Fsp3) is 0.667. The first kappa shape index (κ1) is 17.5. The van der Waals surface area contributed by atoms with E-state index in [1.807, 2.05) is 21.1 Å². The normalized spacial score (nSPS) is 11.2. The minimum Gasteiger partial charge on any atom is -0.545 e. The molecule has 1 N–H and O–H groups in total. The van der Waals surface area contributed by atoms with Gasteiger partial charge in [-0.25, -0.2) is 0 Å². The lowest BCUT2D eigenvalue weighted by molar-refractivity contribution is -0.870. The number of carbonyl (C=O) groups excluding carboxylic acids is 1. The van der Waals surface area contributed by atoms with Crippen LogP contribution in [0.15, 0.2) is 12.7 Å². The van der Waals surface area contributed by atoms with Crippen molar-refractivity contribution in [2.75, 3.05) is 33.4 Å². The van der Waals surface area contributed by atoms with Crippen molar-refractivity contribution in [1.82, 2.24) is 0 Å². The summed E-state index contributed by atoms with van der Waals surface area (Å²) in [7, 11) is 2.17.